The molecule has 2 aromatic heterocycles. The van der Waals surface area contributed by atoms with Crippen LogP contribution in [-0.4, -0.2) is 42.2 Å². The minimum Gasteiger partial charge on any atom is -0.378 e. The van der Waals surface area contributed by atoms with Crippen LogP contribution < -0.4 is 10.2 Å². The molecular weight excluding hydrogens is 340 g/mol. The summed E-state index contributed by atoms with van der Waals surface area (Å²) < 4.78 is 5.42. The van der Waals surface area contributed by atoms with Gasteiger partial charge in [-0.25, -0.2) is 4.98 Å². The van der Waals surface area contributed by atoms with Gasteiger partial charge in [-0.15, -0.1) is 0 Å². The van der Waals surface area contributed by atoms with Gasteiger partial charge in [-0.2, -0.15) is 0 Å². The van der Waals surface area contributed by atoms with E-state index in [4.69, 9.17) is 4.74 Å². The second-order valence-electron chi connectivity index (χ2n) is 6.81. The fourth-order valence-electron chi connectivity index (χ4n) is 3.61. The molecule has 0 spiro atoms. The number of hydrogen-bond donors (Lipinski definition) is 2. The van der Waals surface area contributed by atoms with Gasteiger partial charge in [-0.1, -0.05) is 24.3 Å². The molecule has 1 fully saturated rings. The number of hydrogen-bond acceptors (Lipinski definition) is 4. The normalized spacial score (nSPS) is 14.5. The largest absolute Gasteiger partial charge is 0.378 e. The number of carbonyl (C=O) groups is 1. The Morgan fingerprint density at radius 2 is 2.04 bits per heavy atom. The van der Waals surface area contributed by atoms with Crippen molar-refractivity contribution in [2.24, 2.45) is 0 Å². The van der Waals surface area contributed by atoms with Gasteiger partial charge in [-0.3, -0.25) is 4.79 Å². The molecule has 1 aliphatic rings. The van der Waals surface area contributed by atoms with Crippen LogP contribution in [0.15, 0.2) is 42.6 Å². The topological polar surface area (TPSA) is 70.2 Å². The van der Waals surface area contributed by atoms with E-state index in [0.717, 1.165) is 46.6 Å². The molecule has 2 N–H and O–H groups in total. The lowest BCUT2D eigenvalue weighted by Crippen LogP contribution is -2.38. The molecule has 1 saturated heterocycles. The van der Waals surface area contributed by atoms with Crippen LogP contribution in [0.3, 0.4) is 0 Å². The molecule has 6 heteroatoms. The maximum absolute atomic E-state index is 12.6. The van der Waals surface area contributed by atoms with Crippen molar-refractivity contribution in [2.75, 3.05) is 31.2 Å². The van der Waals surface area contributed by atoms with Crippen LogP contribution in [0, 0.1) is 6.92 Å². The lowest BCUT2D eigenvalue weighted by Gasteiger charge is -2.29. The molecule has 140 valence electrons. The van der Waals surface area contributed by atoms with Gasteiger partial charge in [0.1, 0.15) is 5.82 Å². The predicted octanol–water partition coefficient (Wildman–Crippen LogP) is 2.57. The molecule has 3 aromatic rings. The van der Waals surface area contributed by atoms with E-state index in [-0.39, 0.29) is 5.91 Å². The van der Waals surface area contributed by atoms with Crippen molar-refractivity contribution in [1.82, 2.24) is 15.3 Å². The maximum atomic E-state index is 12.6. The summed E-state index contributed by atoms with van der Waals surface area (Å²) >= 11 is 0. The summed E-state index contributed by atoms with van der Waals surface area (Å²) in [5.74, 6) is 0.948. The average Bonchev–Trinajstić information content (AvgIpc) is 3.02. The Balaban J connectivity index is 1.44. The van der Waals surface area contributed by atoms with Gasteiger partial charge in [0, 0.05) is 48.0 Å². The maximum Gasteiger partial charge on any atom is 0.224 e. The molecule has 0 saturated carbocycles. The number of nitrogens with one attached hydrogen (secondary N) is 2. The molecule has 27 heavy (non-hydrogen) atoms. The number of carbonyl (C=O) groups excluding carboxylic acids is 1. The van der Waals surface area contributed by atoms with Gasteiger partial charge in [0.2, 0.25) is 5.91 Å². The van der Waals surface area contributed by atoms with Gasteiger partial charge >= 0.3 is 0 Å². The van der Waals surface area contributed by atoms with E-state index in [9.17, 15) is 4.79 Å². The fourth-order valence-corrected chi connectivity index (χ4v) is 3.61. The van der Waals surface area contributed by atoms with Crippen molar-refractivity contribution in [2.45, 2.75) is 19.9 Å². The fraction of sp³-hybridized carbons (Fsp3) is 0.333. The number of aryl methyl sites for hydroxylation is 1. The number of pyridine rings is 1. The first kappa shape index (κ1) is 17.5. The third kappa shape index (κ3) is 3.80. The summed E-state index contributed by atoms with van der Waals surface area (Å²) in [4.78, 5) is 22.7. The molecule has 0 bridgehead atoms. The second kappa shape index (κ2) is 7.80. The second-order valence-corrected chi connectivity index (χ2v) is 6.81. The minimum atomic E-state index is 0.0135. The predicted molar refractivity (Wildman–Crippen MR) is 106 cm³/mol. The monoisotopic (exact) mass is 364 g/mol. The highest BCUT2D eigenvalue weighted by molar-refractivity contribution is 5.90. The van der Waals surface area contributed by atoms with Crippen molar-refractivity contribution in [3.05, 3.63) is 59.4 Å². The zero-order chi connectivity index (χ0) is 18.6. The van der Waals surface area contributed by atoms with Crippen molar-refractivity contribution in [3.8, 4) is 0 Å². The number of nitrogens with zero attached hydrogens (tertiary/aromatic N) is 2. The summed E-state index contributed by atoms with van der Waals surface area (Å²) in [7, 11) is 0. The van der Waals surface area contributed by atoms with E-state index in [0.29, 0.717) is 26.2 Å². The van der Waals surface area contributed by atoms with E-state index in [1.807, 2.05) is 37.3 Å². The molecular formula is C21H24N4O2. The Morgan fingerprint density at radius 1 is 1.22 bits per heavy atom. The average molecular weight is 364 g/mol. The van der Waals surface area contributed by atoms with Gasteiger partial charge in [0.15, 0.2) is 0 Å². The number of para-hydroxylation sites is 1. The minimum absolute atomic E-state index is 0.0135. The van der Waals surface area contributed by atoms with Gasteiger partial charge in [0.25, 0.3) is 0 Å². The van der Waals surface area contributed by atoms with E-state index < -0.39 is 0 Å². The first-order valence-electron chi connectivity index (χ1n) is 9.32. The van der Waals surface area contributed by atoms with E-state index in [1.54, 1.807) is 6.20 Å². The van der Waals surface area contributed by atoms with Crippen LogP contribution in [0.4, 0.5) is 5.82 Å². The molecule has 6 nitrogen and oxygen atoms in total. The van der Waals surface area contributed by atoms with E-state index in [2.05, 4.69) is 26.3 Å². The quantitative estimate of drug-likeness (QED) is 0.730. The Bertz CT molecular complexity index is 944. The molecule has 1 amide bonds. The van der Waals surface area contributed by atoms with Crippen LogP contribution in [0.5, 0.6) is 0 Å². The molecule has 0 radical (unpaired) electrons. The van der Waals surface area contributed by atoms with Crippen LogP contribution in [0.1, 0.15) is 16.8 Å². The summed E-state index contributed by atoms with van der Waals surface area (Å²) in [6.45, 7) is 5.56. The number of amides is 1. The summed E-state index contributed by atoms with van der Waals surface area (Å²) in [6, 6.07) is 12.0. The third-order valence-electron chi connectivity index (χ3n) is 5.02. The summed E-state index contributed by atoms with van der Waals surface area (Å²) in [5, 5.41) is 4.17. The van der Waals surface area contributed by atoms with Crippen molar-refractivity contribution in [3.63, 3.8) is 0 Å². The zero-order valence-electron chi connectivity index (χ0n) is 15.5. The Kier molecular flexibility index (Phi) is 5.07. The molecule has 0 aliphatic carbocycles. The number of ether oxygens (including phenoxy) is 1. The molecule has 0 atom stereocenters. The first-order valence-corrected chi connectivity index (χ1v) is 9.32. The Labute approximate surface area is 158 Å². The van der Waals surface area contributed by atoms with Crippen molar-refractivity contribution < 1.29 is 9.53 Å². The molecule has 4 rings (SSSR count). The highest BCUT2D eigenvalue weighted by Gasteiger charge is 2.17. The molecule has 1 aromatic carbocycles. The van der Waals surface area contributed by atoms with Crippen LogP contribution in [0.2, 0.25) is 0 Å². The number of rotatable bonds is 5. The van der Waals surface area contributed by atoms with E-state index in [1.165, 1.54) is 0 Å². The highest BCUT2D eigenvalue weighted by Crippen LogP contribution is 2.22. The SMILES string of the molecule is Cc1[nH]c2ccccc2c1CC(=O)NCc1cccnc1N1CCOCC1. The lowest BCUT2D eigenvalue weighted by atomic mass is 10.1. The van der Waals surface area contributed by atoms with Crippen LogP contribution in [0.25, 0.3) is 10.9 Å². The lowest BCUT2D eigenvalue weighted by molar-refractivity contribution is -0.120. The summed E-state index contributed by atoms with van der Waals surface area (Å²) in [5.41, 5.74) is 4.20. The number of benzene rings is 1. The number of morpholine rings is 1. The van der Waals surface area contributed by atoms with Crippen LogP contribution in [-0.2, 0) is 22.5 Å². The Morgan fingerprint density at radius 3 is 2.89 bits per heavy atom. The van der Waals surface area contributed by atoms with Crippen LogP contribution >= 0.6 is 0 Å². The standard InChI is InChI=1S/C21H24N4O2/c1-15-18(17-6-2-3-7-19(17)24-15)13-20(26)23-14-16-5-4-8-22-21(16)25-9-11-27-12-10-25/h2-8,24H,9-14H2,1H3,(H,23,26). The molecule has 0 unspecified atom stereocenters. The molecule has 3 heterocycles. The number of aromatic nitrogens is 2. The number of H-pyrrole nitrogens is 1. The third-order valence-corrected chi connectivity index (χ3v) is 5.02. The van der Waals surface area contributed by atoms with Gasteiger partial charge in [0.05, 0.1) is 19.6 Å². The van der Waals surface area contributed by atoms with Gasteiger partial charge < -0.3 is 19.9 Å². The van der Waals surface area contributed by atoms with E-state index >= 15 is 0 Å². The summed E-state index contributed by atoms with van der Waals surface area (Å²) in [6.07, 6.45) is 2.16. The highest BCUT2D eigenvalue weighted by atomic mass is 16.5. The number of fused-ring (bicyclic) bond motifs is 1. The van der Waals surface area contributed by atoms with Gasteiger partial charge in [-0.05, 0) is 24.6 Å². The first-order chi connectivity index (χ1) is 13.2. The zero-order valence-corrected chi connectivity index (χ0v) is 15.5. The van der Waals surface area contributed by atoms with Crippen molar-refractivity contribution in [1.29, 1.82) is 0 Å². The Hall–Kier alpha value is -2.86. The molecule has 1 aliphatic heterocycles. The smallest absolute Gasteiger partial charge is 0.224 e. The number of aromatic amines is 1. The number of anilines is 1. The van der Waals surface area contributed by atoms with Crippen molar-refractivity contribution >= 4 is 22.6 Å².